The second-order valence-corrected chi connectivity index (χ2v) is 7.96. The number of rotatable bonds is 6. The first-order chi connectivity index (χ1) is 12.9. The van der Waals surface area contributed by atoms with E-state index in [-0.39, 0.29) is 6.54 Å². The van der Waals surface area contributed by atoms with E-state index in [2.05, 4.69) is 10.3 Å². The van der Waals surface area contributed by atoms with E-state index in [0.717, 1.165) is 10.6 Å². The highest BCUT2D eigenvalue weighted by Gasteiger charge is 2.30. The first-order valence-corrected chi connectivity index (χ1v) is 10.3. The first kappa shape index (κ1) is 19.0. The number of anilines is 1. The van der Waals surface area contributed by atoms with Crippen molar-refractivity contribution in [3.05, 3.63) is 48.3 Å². The summed E-state index contributed by atoms with van der Waals surface area (Å²) in [7, 11) is -3.71. The number of sulfonamides is 1. The first-order valence-electron chi connectivity index (χ1n) is 8.43. The van der Waals surface area contributed by atoms with Crippen LogP contribution in [0.5, 0.6) is 11.5 Å². The van der Waals surface area contributed by atoms with Gasteiger partial charge in [-0.1, -0.05) is 6.07 Å². The van der Waals surface area contributed by atoms with E-state index in [1.54, 1.807) is 36.5 Å². The van der Waals surface area contributed by atoms with E-state index < -0.39 is 22.0 Å². The number of nitrogens with one attached hydrogen (secondary N) is 1. The van der Waals surface area contributed by atoms with Crippen molar-refractivity contribution >= 4 is 21.6 Å². The molecule has 0 bridgehead atoms. The Labute approximate surface area is 158 Å². The van der Waals surface area contributed by atoms with Crippen molar-refractivity contribution in [3.8, 4) is 11.5 Å². The van der Waals surface area contributed by atoms with Gasteiger partial charge in [0.15, 0.2) is 11.5 Å². The molecule has 0 aliphatic carbocycles. The molecule has 1 aliphatic rings. The van der Waals surface area contributed by atoms with Gasteiger partial charge in [-0.2, -0.15) is 0 Å². The molecule has 1 amide bonds. The van der Waals surface area contributed by atoms with Crippen molar-refractivity contribution in [1.82, 2.24) is 10.3 Å². The van der Waals surface area contributed by atoms with Gasteiger partial charge < -0.3 is 14.8 Å². The summed E-state index contributed by atoms with van der Waals surface area (Å²) in [5.74, 6) is 0.570. The van der Waals surface area contributed by atoms with Crippen LogP contribution in [0.25, 0.3) is 0 Å². The van der Waals surface area contributed by atoms with E-state index in [0.29, 0.717) is 36.1 Å². The molecule has 2 heterocycles. The topological polar surface area (TPSA) is 97.8 Å². The molecule has 9 heteroatoms. The van der Waals surface area contributed by atoms with E-state index in [1.165, 1.54) is 6.92 Å². The molecule has 27 heavy (non-hydrogen) atoms. The molecule has 144 valence electrons. The zero-order valence-corrected chi connectivity index (χ0v) is 15.9. The van der Waals surface area contributed by atoms with Crippen LogP contribution in [0.1, 0.15) is 12.6 Å². The molecular formula is C18H21N3O5S. The van der Waals surface area contributed by atoms with E-state index in [1.807, 2.05) is 6.07 Å². The Morgan fingerprint density at radius 3 is 2.63 bits per heavy atom. The number of hydrogen-bond acceptors (Lipinski definition) is 6. The molecule has 0 spiro atoms. The molecule has 1 atom stereocenters. The normalized spacial score (nSPS) is 14.3. The van der Waals surface area contributed by atoms with Crippen molar-refractivity contribution in [2.24, 2.45) is 0 Å². The lowest BCUT2D eigenvalue weighted by molar-refractivity contribution is -0.122. The predicted octanol–water partition coefficient (Wildman–Crippen LogP) is 1.32. The number of ether oxygens (including phenoxy) is 2. The summed E-state index contributed by atoms with van der Waals surface area (Å²) in [4.78, 5) is 16.7. The van der Waals surface area contributed by atoms with Crippen LogP contribution in [0.3, 0.4) is 0 Å². The Hall–Kier alpha value is -2.81. The molecule has 0 saturated carbocycles. The number of nitrogens with zero attached hydrogens (tertiary/aromatic N) is 2. The van der Waals surface area contributed by atoms with Gasteiger partial charge in [0.25, 0.3) is 0 Å². The van der Waals surface area contributed by atoms with Crippen LogP contribution in [0.4, 0.5) is 5.69 Å². The molecule has 2 aromatic rings. The lowest BCUT2D eigenvalue weighted by Crippen LogP contribution is -2.47. The highest BCUT2D eigenvalue weighted by Crippen LogP contribution is 2.35. The quantitative estimate of drug-likeness (QED) is 0.798. The van der Waals surface area contributed by atoms with Crippen LogP contribution >= 0.6 is 0 Å². The molecule has 0 unspecified atom stereocenters. The van der Waals surface area contributed by atoms with Gasteiger partial charge in [-0.05, 0) is 31.2 Å². The third-order valence-electron chi connectivity index (χ3n) is 4.04. The number of hydrogen-bond donors (Lipinski definition) is 1. The standard InChI is InChI=1S/C18H21N3O5S/c1-13(18(22)20-12-14-5-3-4-8-19-14)21(27(2,23)24)15-6-7-16-17(11-15)26-10-9-25-16/h3-8,11,13H,9-10,12H2,1-2H3,(H,20,22)/t13-/m0/s1. The maximum absolute atomic E-state index is 12.6. The Bertz CT molecular complexity index is 918. The fraction of sp³-hybridized carbons (Fsp3) is 0.333. The van der Waals surface area contributed by atoms with Gasteiger partial charge in [0.2, 0.25) is 15.9 Å². The third kappa shape index (κ3) is 4.48. The molecule has 0 fully saturated rings. The summed E-state index contributed by atoms with van der Waals surface area (Å²) in [6.45, 7) is 2.57. The average molecular weight is 391 g/mol. The zero-order chi connectivity index (χ0) is 19.4. The summed E-state index contributed by atoms with van der Waals surface area (Å²) < 4.78 is 36.8. The Morgan fingerprint density at radius 2 is 1.96 bits per heavy atom. The number of carbonyl (C=O) groups excluding carboxylic acids is 1. The van der Waals surface area contributed by atoms with Gasteiger partial charge in [-0.15, -0.1) is 0 Å². The van der Waals surface area contributed by atoms with Crippen LogP contribution in [0.15, 0.2) is 42.6 Å². The molecule has 1 aromatic carbocycles. The maximum Gasteiger partial charge on any atom is 0.243 e. The summed E-state index contributed by atoms with van der Waals surface area (Å²) in [6.07, 6.45) is 2.69. The molecule has 1 aliphatic heterocycles. The van der Waals surface area contributed by atoms with Crippen LogP contribution in [0.2, 0.25) is 0 Å². The lowest BCUT2D eigenvalue weighted by Gasteiger charge is -2.29. The minimum atomic E-state index is -3.71. The minimum absolute atomic E-state index is 0.211. The fourth-order valence-corrected chi connectivity index (χ4v) is 3.97. The predicted molar refractivity (Wildman–Crippen MR) is 100 cm³/mol. The number of pyridine rings is 1. The second kappa shape index (κ2) is 7.83. The van der Waals surface area contributed by atoms with Gasteiger partial charge >= 0.3 is 0 Å². The van der Waals surface area contributed by atoms with Gasteiger partial charge in [0, 0.05) is 12.3 Å². The van der Waals surface area contributed by atoms with Crippen LogP contribution in [-0.4, -0.2) is 44.8 Å². The van der Waals surface area contributed by atoms with E-state index in [9.17, 15) is 13.2 Å². The Kier molecular flexibility index (Phi) is 5.50. The van der Waals surface area contributed by atoms with Gasteiger partial charge in [0.05, 0.1) is 24.2 Å². The molecule has 1 N–H and O–H groups in total. The van der Waals surface area contributed by atoms with E-state index >= 15 is 0 Å². The number of aromatic nitrogens is 1. The molecule has 3 rings (SSSR count). The van der Waals surface area contributed by atoms with Crippen LogP contribution in [0, 0.1) is 0 Å². The van der Waals surface area contributed by atoms with Gasteiger partial charge in [-0.3, -0.25) is 14.1 Å². The zero-order valence-electron chi connectivity index (χ0n) is 15.1. The highest BCUT2D eigenvalue weighted by molar-refractivity contribution is 7.92. The smallest absolute Gasteiger partial charge is 0.243 e. The Morgan fingerprint density at radius 1 is 1.22 bits per heavy atom. The summed E-state index contributed by atoms with van der Waals surface area (Å²) in [5, 5.41) is 2.72. The molecule has 1 aromatic heterocycles. The summed E-state index contributed by atoms with van der Waals surface area (Å²) in [5.41, 5.74) is 1.02. The van der Waals surface area contributed by atoms with Gasteiger partial charge in [0.1, 0.15) is 19.3 Å². The average Bonchev–Trinajstić information content (AvgIpc) is 2.65. The molecule has 0 radical (unpaired) electrons. The van der Waals surface area contributed by atoms with Crippen LogP contribution < -0.4 is 19.1 Å². The highest BCUT2D eigenvalue weighted by atomic mass is 32.2. The van der Waals surface area contributed by atoms with Crippen molar-refractivity contribution in [2.45, 2.75) is 19.5 Å². The van der Waals surface area contributed by atoms with Crippen molar-refractivity contribution in [3.63, 3.8) is 0 Å². The second-order valence-electron chi connectivity index (χ2n) is 6.10. The van der Waals surface area contributed by atoms with Crippen molar-refractivity contribution in [1.29, 1.82) is 0 Å². The van der Waals surface area contributed by atoms with Crippen LogP contribution in [-0.2, 0) is 21.4 Å². The number of carbonyl (C=O) groups is 1. The van der Waals surface area contributed by atoms with E-state index in [4.69, 9.17) is 9.47 Å². The largest absolute Gasteiger partial charge is 0.486 e. The Balaban J connectivity index is 1.81. The van der Waals surface area contributed by atoms with Gasteiger partial charge in [-0.25, -0.2) is 8.42 Å². The number of fused-ring (bicyclic) bond motifs is 1. The number of amides is 1. The molecule has 8 nitrogen and oxygen atoms in total. The third-order valence-corrected chi connectivity index (χ3v) is 5.28. The minimum Gasteiger partial charge on any atom is -0.486 e. The number of benzene rings is 1. The SMILES string of the molecule is C[C@@H](C(=O)NCc1ccccn1)N(c1ccc2c(c1)OCCO2)S(C)(=O)=O. The van der Waals surface area contributed by atoms with Crippen molar-refractivity contribution < 1.29 is 22.7 Å². The fourth-order valence-electron chi connectivity index (χ4n) is 2.81. The molecule has 0 saturated heterocycles. The molecular weight excluding hydrogens is 370 g/mol. The van der Waals surface area contributed by atoms with Crippen molar-refractivity contribution in [2.75, 3.05) is 23.8 Å². The monoisotopic (exact) mass is 391 g/mol. The maximum atomic E-state index is 12.6. The lowest BCUT2D eigenvalue weighted by atomic mass is 10.2. The summed E-state index contributed by atoms with van der Waals surface area (Å²) >= 11 is 0. The summed E-state index contributed by atoms with van der Waals surface area (Å²) in [6, 6.07) is 9.22.